The van der Waals surface area contributed by atoms with Gasteiger partial charge in [0, 0.05) is 12.3 Å². The lowest BCUT2D eigenvalue weighted by Gasteiger charge is -2.17. The standard InChI is InChI=1S/C18H24N2O4/c1-4-6-7-8-9-10-16(15(3)19-24-12-5-2)14-17(21)20-11-13-23-18(20)22/h4-9,12,16H,1,10-11,13-14H2,2-3H3/b7-6-,9-8-,12-5-,19-15+. The maximum Gasteiger partial charge on any atom is 0.416 e. The smallest absolute Gasteiger partial charge is 0.416 e. The van der Waals surface area contributed by atoms with Crippen molar-refractivity contribution in [2.75, 3.05) is 13.2 Å². The summed E-state index contributed by atoms with van der Waals surface area (Å²) in [6.07, 6.45) is 12.5. The van der Waals surface area contributed by atoms with Gasteiger partial charge in [0.05, 0.1) is 12.3 Å². The van der Waals surface area contributed by atoms with Crippen LogP contribution in [0, 0.1) is 5.92 Å². The van der Waals surface area contributed by atoms with Crippen LogP contribution in [0.1, 0.15) is 26.7 Å². The molecule has 1 rings (SSSR count). The third kappa shape index (κ3) is 6.64. The first-order valence-electron chi connectivity index (χ1n) is 7.83. The summed E-state index contributed by atoms with van der Waals surface area (Å²) in [6.45, 7) is 7.77. The van der Waals surface area contributed by atoms with Crippen LogP contribution in [-0.2, 0) is 14.4 Å². The molecule has 0 aromatic carbocycles. The molecule has 24 heavy (non-hydrogen) atoms. The van der Waals surface area contributed by atoms with Crippen molar-refractivity contribution in [1.82, 2.24) is 4.90 Å². The molecule has 0 N–H and O–H groups in total. The summed E-state index contributed by atoms with van der Waals surface area (Å²) in [4.78, 5) is 30.0. The number of rotatable bonds is 9. The van der Waals surface area contributed by atoms with Crippen LogP contribution in [0.3, 0.4) is 0 Å². The van der Waals surface area contributed by atoms with Gasteiger partial charge >= 0.3 is 6.09 Å². The van der Waals surface area contributed by atoms with Crippen molar-refractivity contribution in [3.05, 3.63) is 49.3 Å². The molecule has 0 radical (unpaired) electrons. The fourth-order valence-electron chi connectivity index (χ4n) is 2.06. The van der Waals surface area contributed by atoms with Crippen LogP contribution >= 0.6 is 0 Å². The lowest BCUT2D eigenvalue weighted by atomic mass is 9.95. The molecule has 1 atom stereocenters. The Hall–Kier alpha value is -2.63. The molecule has 0 aliphatic carbocycles. The predicted octanol–water partition coefficient (Wildman–Crippen LogP) is 3.59. The van der Waals surface area contributed by atoms with Crippen molar-refractivity contribution < 1.29 is 19.2 Å². The molecule has 130 valence electrons. The fourth-order valence-corrected chi connectivity index (χ4v) is 2.06. The van der Waals surface area contributed by atoms with E-state index in [1.54, 1.807) is 19.1 Å². The van der Waals surface area contributed by atoms with Gasteiger partial charge in [-0.2, -0.15) is 0 Å². The second-order valence-corrected chi connectivity index (χ2v) is 5.15. The minimum atomic E-state index is -0.581. The van der Waals surface area contributed by atoms with Crippen LogP contribution < -0.4 is 0 Å². The molecule has 6 nitrogen and oxygen atoms in total. The average Bonchev–Trinajstić information content (AvgIpc) is 2.99. The van der Waals surface area contributed by atoms with E-state index < -0.39 is 6.09 Å². The Balaban J connectivity index is 2.75. The minimum Gasteiger partial charge on any atom is -0.447 e. The number of cyclic esters (lactones) is 1. The van der Waals surface area contributed by atoms with E-state index in [9.17, 15) is 9.59 Å². The summed E-state index contributed by atoms with van der Waals surface area (Å²) in [6, 6.07) is 0. The van der Waals surface area contributed by atoms with Crippen LogP contribution in [0.15, 0.2) is 54.5 Å². The molecule has 2 amide bonds. The van der Waals surface area contributed by atoms with E-state index in [0.29, 0.717) is 18.7 Å². The summed E-state index contributed by atoms with van der Waals surface area (Å²) >= 11 is 0. The molecule has 1 heterocycles. The Morgan fingerprint density at radius 1 is 1.46 bits per heavy atom. The van der Waals surface area contributed by atoms with Crippen molar-refractivity contribution in [1.29, 1.82) is 0 Å². The summed E-state index contributed by atoms with van der Waals surface area (Å²) in [7, 11) is 0. The van der Waals surface area contributed by atoms with Crippen molar-refractivity contribution in [3.8, 4) is 0 Å². The first-order chi connectivity index (χ1) is 11.6. The molecule has 0 aromatic rings. The number of hydrogen-bond acceptors (Lipinski definition) is 5. The van der Waals surface area contributed by atoms with Crippen LogP contribution in [0.25, 0.3) is 0 Å². The molecular formula is C18H24N2O4. The van der Waals surface area contributed by atoms with Gasteiger partial charge in [-0.3, -0.25) is 4.79 Å². The number of carbonyl (C=O) groups excluding carboxylic acids is 2. The second-order valence-electron chi connectivity index (χ2n) is 5.15. The first kappa shape index (κ1) is 19.4. The zero-order chi connectivity index (χ0) is 17.8. The topological polar surface area (TPSA) is 68.2 Å². The average molecular weight is 332 g/mol. The van der Waals surface area contributed by atoms with Crippen LogP contribution in [-0.4, -0.2) is 35.8 Å². The minimum absolute atomic E-state index is 0.162. The molecule has 1 aliphatic heterocycles. The maximum absolute atomic E-state index is 12.3. The van der Waals surface area contributed by atoms with E-state index in [1.165, 1.54) is 6.26 Å². The Kier molecular flexibility index (Phi) is 8.89. The first-order valence-corrected chi connectivity index (χ1v) is 7.83. The van der Waals surface area contributed by atoms with Gasteiger partial charge < -0.3 is 9.57 Å². The van der Waals surface area contributed by atoms with Gasteiger partial charge in [-0.1, -0.05) is 42.1 Å². The Morgan fingerprint density at radius 3 is 2.88 bits per heavy atom. The van der Waals surface area contributed by atoms with Crippen molar-refractivity contribution in [2.45, 2.75) is 26.7 Å². The number of carbonyl (C=O) groups is 2. The number of ether oxygens (including phenoxy) is 1. The molecule has 1 saturated heterocycles. The summed E-state index contributed by atoms with van der Waals surface area (Å²) in [5.41, 5.74) is 0.686. The van der Waals surface area contributed by atoms with Gasteiger partial charge in [0.25, 0.3) is 0 Å². The number of imide groups is 1. The third-order valence-corrected chi connectivity index (χ3v) is 3.38. The molecule has 1 unspecified atom stereocenters. The monoisotopic (exact) mass is 332 g/mol. The number of hydrogen-bond donors (Lipinski definition) is 0. The zero-order valence-corrected chi connectivity index (χ0v) is 14.2. The fraction of sp³-hybridized carbons (Fsp3) is 0.389. The lowest BCUT2D eigenvalue weighted by Crippen LogP contribution is -2.34. The molecular weight excluding hydrogens is 308 g/mol. The van der Waals surface area contributed by atoms with Crippen molar-refractivity contribution in [3.63, 3.8) is 0 Å². The van der Waals surface area contributed by atoms with E-state index in [0.717, 1.165) is 4.90 Å². The molecule has 0 aromatic heterocycles. The quantitative estimate of drug-likeness (QED) is 0.280. The number of oxime groups is 1. The molecule has 1 fully saturated rings. The van der Waals surface area contributed by atoms with E-state index in [2.05, 4.69) is 11.7 Å². The third-order valence-electron chi connectivity index (χ3n) is 3.38. The highest BCUT2D eigenvalue weighted by Gasteiger charge is 2.30. The van der Waals surface area contributed by atoms with E-state index >= 15 is 0 Å². The van der Waals surface area contributed by atoms with Crippen LogP contribution in [0.4, 0.5) is 4.79 Å². The second kappa shape index (κ2) is 11.0. The molecule has 6 heteroatoms. The number of allylic oxidation sites excluding steroid dienone is 6. The van der Waals surface area contributed by atoms with Gasteiger partial charge in [0.2, 0.25) is 5.91 Å². The van der Waals surface area contributed by atoms with Gasteiger partial charge in [0.1, 0.15) is 12.9 Å². The summed E-state index contributed by atoms with van der Waals surface area (Å²) in [5, 5.41) is 4.00. The lowest BCUT2D eigenvalue weighted by molar-refractivity contribution is -0.128. The summed E-state index contributed by atoms with van der Waals surface area (Å²) < 4.78 is 4.80. The molecule has 1 aliphatic rings. The van der Waals surface area contributed by atoms with Crippen LogP contribution in [0.2, 0.25) is 0 Å². The maximum atomic E-state index is 12.3. The van der Waals surface area contributed by atoms with Crippen LogP contribution in [0.5, 0.6) is 0 Å². The predicted molar refractivity (Wildman–Crippen MR) is 93.3 cm³/mol. The highest BCUT2D eigenvalue weighted by Crippen LogP contribution is 2.17. The highest BCUT2D eigenvalue weighted by atomic mass is 16.6. The van der Waals surface area contributed by atoms with E-state index in [4.69, 9.17) is 9.57 Å². The van der Waals surface area contributed by atoms with Gasteiger partial charge in [0.15, 0.2) is 0 Å². The number of nitrogens with zero attached hydrogens (tertiary/aromatic N) is 2. The van der Waals surface area contributed by atoms with Crippen molar-refractivity contribution in [2.24, 2.45) is 11.1 Å². The molecule has 0 spiro atoms. The molecule has 0 bridgehead atoms. The Labute approximate surface area is 142 Å². The SMILES string of the molecule is C=C/C=C\C=C/CC(CC(=O)N1CCOC1=O)/C(C)=N/O/C=C\C. The Bertz CT molecular complexity index is 561. The Morgan fingerprint density at radius 2 is 2.25 bits per heavy atom. The van der Waals surface area contributed by atoms with Gasteiger partial charge in [-0.25, -0.2) is 9.69 Å². The highest BCUT2D eigenvalue weighted by molar-refractivity contribution is 5.96. The molecule has 0 saturated carbocycles. The van der Waals surface area contributed by atoms with E-state index in [1.807, 2.05) is 31.2 Å². The van der Waals surface area contributed by atoms with Gasteiger partial charge in [-0.15, -0.1) is 0 Å². The normalized spacial score (nSPS) is 17.0. The number of amides is 2. The van der Waals surface area contributed by atoms with E-state index in [-0.39, 0.29) is 24.9 Å². The van der Waals surface area contributed by atoms with Gasteiger partial charge in [-0.05, 0) is 26.3 Å². The zero-order valence-electron chi connectivity index (χ0n) is 14.2. The largest absolute Gasteiger partial charge is 0.447 e. The summed E-state index contributed by atoms with van der Waals surface area (Å²) in [5.74, 6) is -0.428. The van der Waals surface area contributed by atoms with Crippen molar-refractivity contribution >= 4 is 17.7 Å².